The van der Waals surface area contributed by atoms with Gasteiger partial charge in [-0.25, -0.2) is 4.39 Å². The third kappa shape index (κ3) is 2.94. The van der Waals surface area contributed by atoms with Crippen LogP contribution < -0.4 is 5.32 Å². The Morgan fingerprint density at radius 3 is 2.71 bits per heavy atom. The lowest BCUT2D eigenvalue weighted by Gasteiger charge is -2.02. The van der Waals surface area contributed by atoms with E-state index in [-0.39, 0.29) is 17.2 Å². The van der Waals surface area contributed by atoms with Gasteiger partial charge in [-0.1, -0.05) is 5.10 Å². The number of aryl methyl sites for hydroxylation is 1. The number of aromatic nitrogens is 2. The highest BCUT2D eigenvalue weighted by Gasteiger charge is 2.11. The SMILES string of the molecule is Cc1cc(F)cc(Nc2nnc(C(C)Cl)o2)c1. The van der Waals surface area contributed by atoms with Gasteiger partial charge in [-0.2, -0.15) is 0 Å². The van der Waals surface area contributed by atoms with E-state index in [9.17, 15) is 4.39 Å². The smallest absolute Gasteiger partial charge is 0.320 e. The van der Waals surface area contributed by atoms with Crippen LogP contribution in [-0.2, 0) is 0 Å². The summed E-state index contributed by atoms with van der Waals surface area (Å²) >= 11 is 5.79. The fourth-order valence-corrected chi connectivity index (χ4v) is 1.47. The zero-order valence-corrected chi connectivity index (χ0v) is 10.1. The number of benzene rings is 1. The molecule has 0 aliphatic heterocycles. The van der Waals surface area contributed by atoms with Crippen molar-refractivity contribution >= 4 is 23.3 Å². The predicted molar refractivity (Wildman–Crippen MR) is 63.0 cm³/mol. The minimum atomic E-state index is -0.354. The highest BCUT2D eigenvalue weighted by atomic mass is 35.5. The Hall–Kier alpha value is -1.62. The van der Waals surface area contributed by atoms with E-state index in [1.165, 1.54) is 12.1 Å². The minimum absolute atomic E-state index is 0.192. The summed E-state index contributed by atoms with van der Waals surface area (Å²) in [5.41, 5.74) is 1.36. The lowest BCUT2D eigenvalue weighted by Crippen LogP contribution is -1.92. The van der Waals surface area contributed by atoms with Gasteiger partial charge in [0.15, 0.2) is 0 Å². The zero-order valence-electron chi connectivity index (χ0n) is 9.37. The van der Waals surface area contributed by atoms with Crippen LogP contribution in [0.1, 0.15) is 23.8 Å². The first kappa shape index (κ1) is 11.9. The Balaban J connectivity index is 2.19. The number of nitrogens with one attached hydrogen (secondary N) is 1. The molecule has 6 heteroatoms. The first-order chi connectivity index (χ1) is 8.04. The predicted octanol–water partition coefficient (Wildman–Crippen LogP) is 3.56. The van der Waals surface area contributed by atoms with E-state index < -0.39 is 0 Å². The molecule has 4 nitrogen and oxygen atoms in total. The van der Waals surface area contributed by atoms with E-state index in [4.69, 9.17) is 16.0 Å². The Morgan fingerprint density at radius 1 is 1.35 bits per heavy atom. The maximum absolute atomic E-state index is 13.1. The monoisotopic (exact) mass is 255 g/mol. The second kappa shape index (κ2) is 4.71. The fourth-order valence-electron chi connectivity index (χ4n) is 1.38. The summed E-state index contributed by atoms with van der Waals surface area (Å²) in [6.07, 6.45) is 0. The molecule has 0 amide bonds. The van der Waals surface area contributed by atoms with Crippen LogP contribution in [0, 0.1) is 12.7 Å². The van der Waals surface area contributed by atoms with Crippen LogP contribution in [0.25, 0.3) is 0 Å². The zero-order chi connectivity index (χ0) is 12.4. The summed E-state index contributed by atoms with van der Waals surface area (Å²) in [5.74, 6) is 0.000224. The molecule has 0 bridgehead atoms. The summed E-state index contributed by atoms with van der Waals surface area (Å²) < 4.78 is 18.4. The van der Waals surface area contributed by atoms with Gasteiger partial charge in [0.1, 0.15) is 11.2 Å². The number of halogens is 2. The second-order valence-electron chi connectivity index (χ2n) is 3.70. The molecule has 1 unspecified atom stereocenters. The van der Waals surface area contributed by atoms with Gasteiger partial charge in [0.25, 0.3) is 0 Å². The molecule has 2 aromatic rings. The fraction of sp³-hybridized carbons (Fsp3) is 0.273. The van der Waals surface area contributed by atoms with Gasteiger partial charge in [-0.3, -0.25) is 0 Å². The van der Waals surface area contributed by atoms with Crippen molar-refractivity contribution in [2.75, 3.05) is 5.32 Å². The molecule has 1 N–H and O–H groups in total. The largest absolute Gasteiger partial charge is 0.406 e. The number of alkyl halides is 1. The van der Waals surface area contributed by atoms with E-state index in [0.29, 0.717) is 11.6 Å². The Morgan fingerprint density at radius 2 is 2.12 bits per heavy atom. The summed E-state index contributed by atoms with van der Waals surface area (Å²) in [6, 6.07) is 4.75. The molecular formula is C11H11ClFN3O. The lowest BCUT2D eigenvalue weighted by molar-refractivity contribution is 0.510. The van der Waals surface area contributed by atoms with Crippen molar-refractivity contribution in [3.63, 3.8) is 0 Å². The van der Waals surface area contributed by atoms with Gasteiger partial charge >= 0.3 is 6.01 Å². The topological polar surface area (TPSA) is 51.0 Å². The first-order valence-corrected chi connectivity index (χ1v) is 5.50. The number of nitrogens with zero attached hydrogens (tertiary/aromatic N) is 2. The molecular weight excluding hydrogens is 245 g/mol. The molecule has 0 saturated carbocycles. The van der Waals surface area contributed by atoms with Gasteiger partial charge in [-0.05, 0) is 37.6 Å². The third-order valence-electron chi connectivity index (χ3n) is 2.07. The summed E-state index contributed by atoms with van der Waals surface area (Å²) in [7, 11) is 0. The molecule has 1 heterocycles. The molecule has 1 aromatic heterocycles. The normalized spacial score (nSPS) is 12.5. The van der Waals surface area contributed by atoms with E-state index in [0.717, 1.165) is 5.56 Å². The molecule has 17 heavy (non-hydrogen) atoms. The maximum Gasteiger partial charge on any atom is 0.320 e. The third-order valence-corrected chi connectivity index (χ3v) is 2.26. The number of hydrogen-bond donors (Lipinski definition) is 1. The van der Waals surface area contributed by atoms with Crippen molar-refractivity contribution in [3.8, 4) is 0 Å². The Kier molecular flexibility index (Phi) is 3.28. The van der Waals surface area contributed by atoms with Gasteiger partial charge in [0, 0.05) is 5.69 Å². The molecule has 1 atom stereocenters. The first-order valence-electron chi connectivity index (χ1n) is 5.06. The summed E-state index contributed by atoms with van der Waals surface area (Å²) in [6.45, 7) is 3.53. The summed E-state index contributed by atoms with van der Waals surface area (Å²) in [4.78, 5) is 0. The van der Waals surface area contributed by atoms with Crippen molar-refractivity contribution in [1.82, 2.24) is 10.2 Å². The molecule has 0 aliphatic rings. The van der Waals surface area contributed by atoms with Crippen LogP contribution in [0.4, 0.5) is 16.1 Å². The van der Waals surface area contributed by atoms with Crippen molar-refractivity contribution in [2.24, 2.45) is 0 Å². The molecule has 90 valence electrons. The van der Waals surface area contributed by atoms with Crippen LogP contribution >= 0.6 is 11.6 Å². The van der Waals surface area contributed by atoms with E-state index in [1.54, 1.807) is 19.9 Å². The van der Waals surface area contributed by atoms with Gasteiger partial charge in [0.05, 0.1) is 0 Å². The lowest BCUT2D eigenvalue weighted by atomic mass is 10.2. The Bertz CT molecular complexity index is 507. The summed E-state index contributed by atoms with van der Waals surface area (Å²) in [5, 5.41) is 9.98. The quantitative estimate of drug-likeness (QED) is 0.852. The van der Waals surface area contributed by atoms with Gasteiger partial charge in [0.2, 0.25) is 5.89 Å². The molecule has 0 aliphatic carbocycles. The highest BCUT2D eigenvalue weighted by molar-refractivity contribution is 6.20. The van der Waals surface area contributed by atoms with E-state index in [1.807, 2.05) is 0 Å². The van der Waals surface area contributed by atoms with Crippen LogP contribution in [0.2, 0.25) is 0 Å². The number of hydrogen-bond acceptors (Lipinski definition) is 4. The second-order valence-corrected chi connectivity index (χ2v) is 4.36. The van der Waals surface area contributed by atoms with Gasteiger partial charge < -0.3 is 9.73 Å². The van der Waals surface area contributed by atoms with Crippen LogP contribution in [0.3, 0.4) is 0 Å². The molecule has 2 rings (SSSR count). The van der Waals surface area contributed by atoms with Crippen molar-refractivity contribution in [1.29, 1.82) is 0 Å². The van der Waals surface area contributed by atoms with Crippen LogP contribution in [-0.4, -0.2) is 10.2 Å². The highest BCUT2D eigenvalue weighted by Crippen LogP contribution is 2.22. The molecule has 0 radical (unpaired) electrons. The average Bonchev–Trinajstić information content (AvgIpc) is 2.64. The molecule has 0 fully saturated rings. The number of rotatable bonds is 3. The molecule has 1 aromatic carbocycles. The van der Waals surface area contributed by atoms with Crippen LogP contribution in [0.15, 0.2) is 22.6 Å². The molecule has 0 saturated heterocycles. The number of anilines is 2. The Labute approximate surface area is 103 Å². The van der Waals surface area contributed by atoms with Crippen molar-refractivity contribution < 1.29 is 8.81 Å². The molecule has 0 spiro atoms. The minimum Gasteiger partial charge on any atom is -0.406 e. The standard InChI is InChI=1S/C11H11ClFN3O/c1-6-3-8(13)5-9(4-6)14-11-16-15-10(17-11)7(2)12/h3-5,7H,1-2H3,(H,14,16). The van der Waals surface area contributed by atoms with Crippen molar-refractivity contribution in [2.45, 2.75) is 19.2 Å². The average molecular weight is 256 g/mol. The van der Waals surface area contributed by atoms with Crippen LogP contribution in [0.5, 0.6) is 0 Å². The van der Waals surface area contributed by atoms with E-state index in [2.05, 4.69) is 15.5 Å². The van der Waals surface area contributed by atoms with Crippen molar-refractivity contribution in [3.05, 3.63) is 35.5 Å². The van der Waals surface area contributed by atoms with Gasteiger partial charge in [-0.15, -0.1) is 16.7 Å². The van der Waals surface area contributed by atoms with E-state index >= 15 is 0 Å². The maximum atomic E-state index is 13.1.